The number of imidazole rings is 1. The van der Waals surface area contributed by atoms with Crippen LogP contribution in [0.25, 0.3) is 5.65 Å². The molecular formula is C28H28Cl2N4O. The molecule has 1 fully saturated rings. The SMILES string of the molecule is CCc1nc2cc(Cl)ccn2c1C(=O)NCc1ccc(N2CCC(c3ccc(Cl)cc3)CC2)cc1. The molecule has 0 aliphatic carbocycles. The number of rotatable bonds is 6. The molecule has 0 radical (unpaired) electrons. The highest BCUT2D eigenvalue weighted by Crippen LogP contribution is 2.31. The first kappa shape index (κ1) is 23.7. The standard InChI is InChI=1S/C28H28Cl2N4O/c1-2-25-27(34-16-13-23(30)17-26(34)32-25)28(35)31-18-19-3-9-24(10-4-19)33-14-11-21(12-15-33)20-5-7-22(29)8-6-20/h3-10,13,16-17,21H,2,11-12,14-15,18H2,1H3,(H,31,35). The van der Waals surface area contributed by atoms with Crippen molar-refractivity contribution >= 4 is 40.4 Å². The van der Waals surface area contributed by atoms with Crippen LogP contribution in [0.5, 0.6) is 0 Å². The van der Waals surface area contributed by atoms with Gasteiger partial charge in [0.05, 0.1) is 5.69 Å². The van der Waals surface area contributed by atoms with Crippen LogP contribution in [0.15, 0.2) is 66.9 Å². The van der Waals surface area contributed by atoms with Gasteiger partial charge in [0, 0.05) is 47.6 Å². The molecule has 180 valence electrons. The van der Waals surface area contributed by atoms with Crippen molar-refractivity contribution < 1.29 is 4.79 Å². The minimum absolute atomic E-state index is 0.134. The summed E-state index contributed by atoms with van der Waals surface area (Å²) in [5.41, 5.74) is 5.68. The lowest BCUT2D eigenvalue weighted by molar-refractivity contribution is 0.0944. The zero-order valence-electron chi connectivity index (χ0n) is 19.7. The minimum Gasteiger partial charge on any atom is -0.371 e. The Morgan fingerprint density at radius 3 is 2.40 bits per heavy atom. The molecule has 3 heterocycles. The molecule has 1 saturated heterocycles. The zero-order chi connectivity index (χ0) is 24.4. The molecule has 0 unspecified atom stereocenters. The van der Waals surface area contributed by atoms with E-state index in [0.29, 0.717) is 35.2 Å². The van der Waals surface area contributed by atoms with E-state index >= 15 is 0 Å². The highest BCUT2D eigenvalue weighted by molar-refractivity contribution is 6.31. The Hall–Kier alpha value is -3.02. The highest BCUT2D eigenvalue weighted by atomic mass is 35.5. The number of anilines is 1. The fraction of sp³-hybridized carbons (Fsp3) is 0.286. The molecule has 0 bridgehead atoms. The smallest absolute Gasteiger partial charge is 0.270 e. The van der Waals surface area contributed by atoms with E-state index in [1.807, 2.05) is 19.1 Å². The number of piperidine rings is 1. The zero-order valence-corrected chi connectivity index (χ0v) is 21.2. The average Bonchev–Trinajstić information content (AvgIpc) is 3.26. The second-order valence-corrected chi connectivity index (χ2v) is 9.87. The van der Waals surface area contributed by atoms with Crippen LogP contribution in [-0.2, 0) is 13.0 Å². The van der Waals surface area contributed by atoms with Crippen molar-refractivity contribution in [3.8, 4) is 0 Å². The lowest BCUT2D eigenvalue weighted by Crippen LogP contribution is -2.32. The third-order valence-electron chi connectivity index (χ3n) is 6.80. The van der Waals surface area contributed by atoms with Crippen molar-refractivity contribution in [1.82, 2.24) is 14.7 Å². The first-order chi connectivity index (χ1) is 17.0. The molecule has 2 aromatic carbocycles. The summed E-state index contributed by atoms with van der Waals surface area (Å²) in [6.45, 7) is 4.52. The lowest BCUT2D eigenvalue weighted by atomic mass is 9.89. The van der Waals surface area contributed by atoms with Crippen molar-refractivity contribution in [2.24, 2.45) is 0 Å². The van der Waals surface area contributed by atoms with Crippen LogP contribution < -0.4 is 10.2 Å². The van der Waals surface area contributed by atoms with Crippen molar-refractivity contribution in [1.29, 1.82) is 0 Å². The van der Waals surface area contributed by atoms with E-state index in [4.69, 9.17) is 23.2 Å². The van der Waals surface area contributed by atoms with Gasteiger partial charge < -0.3 is 10.2 Å². The van der Waals surface area contributed by atoms with Crippen LogP contribution >= 0.6 is 23.2 Å². The van der Waals surface area contributed by atoms with Crippen molar-refractivity contribution in [3.63, 3.8) is 0 Å². The summed E-state index contributed by atoms with van der Waals surface area (Å²) in [5.74, 6) is 0.451. The van der Waals surface area contributed by atoms with E-state index in [-0.39, 0.29) is 5.91 Å². The Balaban J connectivity index is 1.19. The number of pyridine rings is 1. The molecular weight excluding hydrogens is 479 g/mol. The van der Waals surface area contributed by atoms with E-state index in [2.05, 4.69) is 51.6 Å². The summed E-state index contributed by atoms with van der Waals surface area (Å²) < 4.78 is 1.80. The molecule has 1 aliphatic rings. The Bertz CT molecular complexity index is 1320. The number of aromatic nitrogens is 2. The van der Waals surface area contributed by atoms with Crippen LogP contribution in [0.2, 0.25) is 10.0 Å². The number of carbonyl (C=O) groups is 1. The van der Waals surface area contributed by atoms with E-state index in [9.17, 15) is 4.79 Å². The van der Waals surface area contributed by atoms with Gasteiger partial charge in [-0.3, -0.25) is 9.20 Å². The number of amides is 1. The summed E-state index contributed by atoms with van der Waals surface area (Å²) >= 11 is 12.1. The number of halogens is 2. The van der Waals surface area contributed by atoms with Crippen molar-refractivity contribution in [2.45, 2.75) is 38.6 Å². The first-order valence-corrected chi connectivity index (χ1v) is 12.8. The van der Waals surface area contributed by atoms with Gasteiger partial charge in [-0.05, 0) is 66.6 Å². The topological polar surface area (TPSA) is 49.6 Å². The molecule has 1 aliphatic heterocycles. The fourth-order valence-corrected chi connectivity index (χ4v) is 5.13. The normalized spacial score (nSPS) is 14.4. The van der Waals surface area contributed by atoms with E-state index < -0.39 is 0 Å². The number of benzene rings is 2. The summed E-state index contributed by atoms with van der Waals surface area (Å²) in [6, 6.07) is 20.3. The van der Waals surface area contributed by atoms with E-state index in [0.717, 1.165) is 42.2 Å². The Kier molecular flexibility index (Phi) is 6.98. The van der Waals surface area contributed by atoms with E-state index in [1.54, 1.807) is 22.7 Å². The number of nitrogens with zero attached hydrogens (tertiary/aromatic N) is 3. The quantitative estimate of drug-likeness (QED) is 0.323. The molecule has 5 nitrogen and oxygen atoms in total. The highest BCUT2D eigenvalue weighted by Gasteiger charge is 2.21. The molecule has 7 heteroatoms. The van der Waals surface area contributed by atoms with Gasteiger partial charge in [0.1, 0.15) is 11.3 Å². The van der Waals surface area contributed by atoms with Crippen LogP contribution in [-0.4, -0.2) is 28.4 Å². The second-order valence-electron chi connectivity index (χ2n) is 9.00. The average molecular weight is 507 g/mol. The number of hydrogen-bond acceptors (Lipinski definition) is 3. The van der Waals surface area contributed by atoms with Crippen LogP contribution in [0.3, 0.4) is 0 Å². The molecule has 0 atom stereocenters. The van der Waals surface area contributed by atoms with Crippen LogP contribution in [0.1, 0.15) is 53.0 Å². The third-order valence-corrected chi connectivity index (χ3v) is 7.29. The number of nitrogens with one attached hydrogen (secondary N) is 1. The van der Waals surface area contributed by atoms with Gasteiger partial charge in [0.25, 0.3) is 5.91 Å². The van der Waals surface area contributed by atoms with Crippen LogP contribution in [0.4, 0.5) is 5.69 Å². The molecule has 35 heavy (non-hydrogen) atoms. The number of carbonyl (C=O) groups excluding carboxylic acids is 1. The number of fused-ring (bicyclic) bond motifs is 1. The van der Waals surface area contributed by atoms with E-state index in [1.165, 1.54) is 11.3 Å². The molecule has 0 saturated carbocycles. The van der Waals surface area contributed by atoms with Gasteiger partial charge >= 0.3 is 0 Å². The largest absolute Gasteiger partial charge is 0.371 e. The molecule has 1 amide bonds. The molecule has 2 aromatic heterocycles. The second kappa shape index (κ2) is 10.3. The van der Waals surface area contributed by atoms with Crippen LogP contribution in [0, 0.1) is 0 Å². The van der Waals surface area contributed by atoms with Crippen molar-refractivity contribution in [2.75, 3.05) is 18.0 Å². The van der Waals surface area contributed by atoms with Gasteiger partial charge in [-0.2, -0.15) is 0 Å². The Labute approximate surface area is 215 Å². The maximum Gasteiger partial charge on any atom is 0.270 e. The van der Waals surface area contributed by atoms with Gasteiger partial charge in [-0.15, -0.1) is 0 Å². The third kappa shape index (κ3) is 5.16. The summed E-state index contributed by atoms with van der Waals surface area (Å²) in [7, 11) is 0. The lowest BCUT2D eigenvalue weighted by Gasteiger charge is -2.34. The maximum atomic E-state index is 13.0. The first-order valence-electron chi connectivity index (χ1n) is 12.1. The predicted octanol–water partition coefficient (Wildman–Crippen LogP) is 6.52. The van der Waals surface area contributed by atoms with Gasteiger partial charge in [-0.25, -0.2) is 4.98 Å². The summed E-state index contributed by atoms with van der Waals surface area (Å²) in [6.07, 6.45) is 4.72. The summed E-state index contributed by atoms with van der Waals surface area (Å²) in [4.78, 5) is 20.0. The van der Waals surface area contributed by atoms with Gasteiger partial charge in [0.15, 0.2) is 0 Å². The number of aryl methyl sites for hydroxylation is 1. The fourth-order valence-electron chi connectivity index (χ4n) is 4.85. The monoisotopic (exact) mass is 506 g/mol. The molecule has 5 rings (SSSR count). The Morgan fingerprint density at radius 1 is 1.00 bits per heavy atom. The predicted molar refractivity (Wildman–Crippen MR) is 143 cm³/mol. The Morgan fingerprint density at radius 2 is 1.71 bits per heavy atom. The molecule has 4 aromatic rings. The summed E-state index contributed by atoms with van der Waals surface area (Å²) in [5, 5.41) is 4.45. The maximum absolute atomic E-state index is 13.0. The van der Waals surface area contributed by atoms with Gasteiger partial charge in [0.2, 0.25) is 0 Å². The molecule has 0 spiro atoms. The van der Waals surface area contributed by atoms with Crippen molar-refractivity contribution in [3.05, 3.63) is 99.4 Å². The van der Waals surface area contributed by atoms with Gasteiger partial charge in [-0.1, -0.05) is 54.4 Å². The number of hydrogen-bond donors (Lipinski definition) is 1. The molecule has 1 N–H and O–H groups in total. The minimum atomic E-state index is -0.134.